The number of hydrogen-bond donors (Lipinski definition) is 1. The van der Waals surface area contributed by atoms with Crippen LogP contribution in [0.4, 0.5) is 0 Å². The monoisotopic (exact) mass is 268 g/mol. The molecule has 6 nitrogen and oxygen atoms in total. The van der Waals surface area contributed by atoms with Crippen molar-refractivity contribution in [3.63, 3.8) is 0 Å². The Morgan fingerprint density at radius 3 is 3.06 bits per heavy atom. The van der Waals surface area contributed by atoms with Gasteiger partial charge in [-0.3, -0.25) is 4.79 Å². The number of ether oxygens (including phenoxy) is 1. The maximum atomic E-state index is 11.7. The lowest BCUT2D eigenvalue weighted by Crippen LogP contribution is -2.22. The van der Waals surface area contributed by atoms with Gasteiger partial charge in [0.15, 0.2) is 16.3 Å². The van der Waals surface area contributed by atoms with Crippen molar-refractivity contribution in [2.75, 3.05) is 12.9 Å². The van der Waals surface area contributed by atoms with E-state index in [1.54, 1.807) is 0 Å². The van der Waals surface area contributed by atoms with Gasteiger partial charge in [-0.15, -0.1) is 0 Å². The van der Waals surface area contributed by atoms with Gasteiger partial charge in [0.05, 0.1) is 19.0 Å². The summed E-state index contributed by atoms with van der Waals surface area (Å²) in [6.45, 7) is 5.23. The van der Waals surface area contributed by atoms with E-state index in [0.717, 1.165) is 0 Å². The molecule has 0 radical (unpaired) electrons. The van der Waals surface area contributed by atoms with Crippen LogP contribution in [0.1, 0.15) is 13.8 Å². The molecule has 7 heteroatoms. The van der Waals surface area contributed by atoms with Crippen LogP contribution in [-0.2, 0) is 11.3 Å². The van der Waals surface area contributed by atoms with E-state index in [1.807, 2.05) is 24.7 Å². The first kappa shape index (κ1) is 13.1. The molecule has 2 rings (SSSR count). The summed E-state index contributed by atoms with van der Waals surface area (Å²) in [5.41, 5.74) is 0.801. The first-order valence-electron chi connectivity index (χ1n) is 5.76. The van der Waals surface area contributed by atoms with E-state index in [2.05, 4.69) is 15.0 Å². The number of fused-ring (bicyclic) bond motifs is 1. The maximum Gasteiger partial charge on any atom is 0.299 e. The second-order valence-corrected chi connectivity index (χ2v) is 4.65. The minimum absolute atomic E-state index is 0.0464. The third-order valence-electron chi connectivity index (χ3n) is 2.59. The molecule has 0 unspecified atom stereocenters. The first-order chi connectivity index (χ1) is 8.67. The average Bonchev–Trinajstić information content (AvgIpc) is 2.82. The van der Waals surface area contributed by atoms with Gasteiger partial charge in [-0.05, 0) is 20.1 Å². The third-order valence-corrected chi connectivity index (χ3v) is 3.27. The zero-order chi connectivity index (χ0) is 13.1. The van der Waals surface area contributed by atoms with E-state index in [1.165, 1.54) is 18.1 Å². The second kappa shape index (κ2) is 5.53. The van der Waals surface area contributed by atoms with Gasteiger partial charge in [-0.2, -0.15) is 4.98 Å². The Balaban J connectivity index is 2.49. The van der Waals surface area contributed by atoms with Crippen LogP contribution in [0.5, 0.6) is 0 Å². The van der Waals surface area contributed by atoms with Crippen LogP contribution in [0.2, 0.25) is 0 Å². The minimum atomic E-state index is -0.271. The third kappa shape index (κ3) is 2.41. The topological polar surface area (TPSA) is 72.8 Å². The Labute approximate surface area is 109 Å². The summed E-state index contributed by atoms with van der Waals surface area (Å²) >= 11 is 1.43. The van der Waals surface area contributed by atoms with E-state index < -0.39 is 0 Å². The molecular formula is C11H16N4O2S. The number of hydrogen-bond acceptors (Lipinski definition) is 5. The molecule has 0 bridgehead atoms. The number of rotatable bonds is 5. The van der Waals surface area contributed by atoms with Gasteiger partial charge >= 0.3 is 0 Å². The van der Waals surface area contributed by atoms with Gasteiger partial charge in [0, 0.05) is 6.61 Å². The summed E-state index contributed by atoms with van der Waals surface area (Å²) in [5, 5.41) is 0.658. The predicted molar refractivity (Wildman–Crippen MR) is 71.0 cm³/mol. The van der Waals surface area contributed by atoms with E-state index in [9.17, 15) is 4.79 Å². The molecule has 0 spiro atoms. The average molecular weight is 268 g/mol. The number of nitrogens with one attached hydrogen (secondary N) is 1. The molecule has 0 aliphatic heterocycles. The molecule has 2 aromatic heterocycles. The summed E-state index contributed by atoms with van der Waals surface area (Å²) in [4.78, 5) is 22.8. The lowest BCUT2D eigenvalue weighted by atomic mass is 10.4. The molecule has 0 aliphatic rings. The van der Waals surface area contributed by atoms with Crippen molar-refractivity contribution in [2.45, 2.75) is 31.7 Å². The fraction of sp³-hybridized carbons (Fsp3) is 0.545. The molecule has 0 saturated heterocycles. The fourth-order valence-corrected chi connectivity index (χ4v) is 2.41. The molecule has 1 N–H and O–H groups in total. The van der Waals surface area contributed by atoms with Crippen LogP contribution in [-0.4, -0.2) is 38.5 Å². The van der Waals surface area contributed by atoms with Crippen LogP contribution in [0.3, 0.4) is 0 Å². The van der Waals surface area contributed by atoms with Gasteiger partial charge in [-0.1, -0.05) is 11.8 Å². The van der Waals surface area contributed by atoms with Gasteiger partial charge in [0.25, 0.3) is 5.56 Å². The zero-order valence-electron chi connectivity index (χ0n) is 10.6. The van der Waals surface area contributed by atoms with Crippen molar-refractivity contribution >= 4 is 22.9 Å². The Hall–Kier alpha value is -1.34. The molecule has 2 heterocycles. The standard InChI is InChI=1S/C11H16N4O2S/c1-4-17-7(2)5-15-9-8(12-6-13-9)10(16)14-11(15)18-3/h6-7H,4-5H2,1-3H3,(H,12,13)/t7-/m0/s1. The normalized spacial score (nSPS) is 13.1. The highest BCUT2D eigenvalue weighted by atomic mass is 32.2. The summed E-state index contributed by atoms with van der Waals surface area (Å²) < 4.78 is 7.44. The van der Waals surface area contributed by atoms with Crippen molar-refractivity contribution in [2.24, 2.45) is 0 Å². The summed E-state index contributed by atoms with van der Waals surface area (Å²) in [5.74, 6) is 0. The zero-order valence-corrected chi connectivity index (χ0v) is 11.5. The van der Waals surface area contributed by atoms with Crippen molar-refractivity contribution in [3.05, 3.63) is 16.7 Å². The molecule has 98 valence electrons. The highest BCUT2D eigenvalue weighted by molar-refractivity contribution is 7.98. The van der Waals surface area contributed by atoms with Gasteiger partial charge in [-0.25, -0.2) is 4.98 Å². The number of aromatic nitrogens is 4. The Bertz CT molecular complexity index is 592. The van der Waals surface area contributed by atoms with E-state index in [4.69, 9.17) is 4.74 Å². The van der Waals surface area contributed by atoms with E-state index in [0.29, 0.717) is 29.5 Å². The quantitative estimate of drug-likeness (QED) is 0.653. The van der Waals surface area contributed by atoms with Crippen LogP contribution < -0.4 is 5.56 Å². The lowest BCUT2D eigenvalue weighted by Gasteiger charge is -2.16. The molecule has 0 aromatic carbocycles. The van der Waals surface area contributed by atoms with Crippen molar-refractivity contribution in [3.8, 4) is 0 Å². The Morgan fingerprint density at radius 2 is 2.39 bits per heavy atom. The number of H-pyrrole nitrogens is 1. The molecule has 0 amide bonds. The largest absolute Gasteiger partial charge is 0.377 e. The van der Waals surface area contributed by atoms with Crippen LogP contribution in [0, 0.1) is 0 Å². The minimum Gasteiger partial charge on any atom is -0.377 e. The highest BCUT2D eigenvalue weighted by Gasteiger charge is 2.14. The molecule has 0 aliphatic carbocycles. The SMILES string of the molecule is CCO[C@@H](C)Cn1c(SC)nc(=O)c2[nH]cnc21. The molecule has 18 heavy (non-hydrogen) atoms. The van der Waals surface area contributed by atoms with Gasteiger partial charge in [0.2, 0.25) is 0 Å². The van der Waals surface area contributed by atoms with Crippen molar-refractivity contribution < 1.29 is 4.74 Å². The van der Waals surface area contributed by atoms with Crippen molar-refractivity contribution in [1.82, 2.24) is 19.5 Å². The molecule has 2 aromatic rings. The smallest absolute Gasteiger partial charge is 0.299 e. The predicted octanol–water partition coefficient (Wildman–Crippen LogP) is 1.27. The van der Waals surface area contributed by atoms with E-state index >= 15 is 0 Å². The molecule has 0 fully saturated rings. The maximum absolute atomic E-state index is 11.7. The highest BCUT2D eigenvalue weighted by Crippen LogP contribution is 2.16. The number of imidazole rings is 1. The Kier molecular flexibility index (Phi) is 4.03. The van der Waals surface area contributed by atoms with Crippen LogP contribution in [0.15, 0.2) is 16.3 Å². The van der Waals surface area contributed by atoms with Crippen molar-refractivity contribution in [1.29, 1.82) is 0 Å². The number of thioether (sulfide) groups is 1. The number of aromatic amines is 1. The first-order valence-corrected chi connectivity index (χ1v) is 6.99. The van der Waals surface area contributed by atoms with E-state index in [-0.39, 0.29) is 11.7 Å². The fourth-order valence-electron chi connectivity index (χ4n) is 1.86. The van der Waals surface area contributed by atoms with Gasteiger partial charge < -0.3 is 14.3 Å². The van der Waals surface area contributed by atoms with Crippen LogP contribution in [0.25, 0.3) is 11.2 Å². The summed E-state index contributed by atoms with van der Waals surface area (Å²) in [6.07, 6.45) is 3.45. The molecular weight excluding hydrogens is 252 g/mol. The second-order valence-electron chi connectivity index (χ2n) is 3.88. The Morgan fingerprint density at radius 1 is 1.61 bits per heavy atom. The summed E-state index contributed by atoms with van der Waals surface area (Å²) in [7, 11) is 0. The number of nitrogens with zero attached hydrogens (tertiary/aromatic N) is 3. The van der Waals surface area contributed by atoms with Crippen LogP contribution >= 0.6 is 11.8 Å². The molecule has 0 saturated carbocycles. The molecule has 1 atom stereocenters. The van der Waals surface area contributed by atoms with Gasteiger partial charge in [0.1, 0.15) is 0 Å². The lowest BCUT2D eigenvalue weighted by molar-refractivity contribution is 0.0627. The summed E-state index contributed by atoms with van der Waals surface area (Å²) in [6, 6.07) is 0.